The van der Waals surface area contributed by atoms with Crippen molar-refractivity contribution >= 4 is 11.6 Å². The van der Waals surface area contributed by atoms with Crippen LogP contribution in [0.1, 0.15) is 85.9 Å². The molecule has 0 spiro atoms. The highest BCUT2D eigenvalue weighted by Gasteiger charge is 2.12. The van der Waals surface area contributed by atoms with E-state index < -0.39 is 0 Å². The zero-order valence-electron chi connectivity index (χ0n) is 26.0. The van der Waals surface area contributed by atoms with Crippen molar-refractivity contribution in [2.75, 3.05) is 0 Å². The zero-order valence-corrected chi connectivity index (χ0v) is 26.0. The molecule has 0 saturated carbocycles. The van der Waals surface area contributed by atoms with E-state index in [1.54, 1.807) is 0 Å². The summed E-state index contributed by atoms with van der Waals surface area (Å²) in [5.41, 5.74) is 10.7. The highest BCUT2D eigenvalue weighted by molar-refractivity contribution is 5.97. The Labute approximate surface area is 262 Å². The Balaban J connectivity index is 1.36. The van der Waals surface area contributed by atoms with Gasteiger partial charge in [-0.25, -0.2) is 0 Å². The average molecular weight is 579 g/mol. The van der Waals surface area contributed by atoms with Crippen LogP contribution in [0.25, 0.3) is 44.5 Å². The fourth-order valence-electron chi connectivity index (χ4n) is 5.83. The second-order valence-corrected chi connectivity index (χ2v) is 11.6. The normalized spacial score (nSPS) is 11.0. The lowest BCUT2D eigenvalue weighted by Gasteiger charge is -2.13. The molecular formula is C42H42O2. The summed E-state index contributed by atoms with van der Waals surface area (Å²) < 4.78 is 0. The van der Waals surface area contributed by atoms with E-state index in [2.05, 4.69) is 111 Å². The van der Waals surface area contributed by atoms with Crippen LogP contribution in [0.5, 0.6) is 0 Å². The maximum atomic E-state index is 12.6. The van der Waals surface area contributed by atoms with Crippen molar-refractivity contribution in [1.29, 1.82) is 0 Å². The number of hydrogen-bond acceptors (Lipinski definition) is 2. The van der Waals surface area contributed by atoms with Gasteiger partial charge in [-0.15, -0.1) is 0 Å². The van der Waals surface area contributed by atoms with Crippen molar-refractivity contribution in [3.8, 4) is 44.5 Å². The molecule has 0 atom stereocenters. The van der Waals surface area contributed by atoms with E-state index in [1.165, 1.54) is 0 Å². The van der Waals surface area contributed by atoms with Crippen LogP contribution in [0, 0.1) is 0 Å². The molecule has 0 amide bonds. The van der Waals surface area contributed by atoms with Gasteiger partial charge in [-0.2, -0.15) is 0 Å². The minimum atomic E-state index is 0.223. The summed E-state index contributed by atoms with van der Waals surface area (Å²) in [6.07, 6.45) is 7.55. The van der Waals surface area contributed by atoms with Crippen molar-refractivity contribution in [3.63, 3.8) is 0 Å². The molecule has 0 aliphatic carbocycles. The molecule has 222 valence electrons. The number of Topliss-reactive ketones (excluding diaryl/α,β-unsaturated/α-hetero) is 2. The first-order valence-electron chi connectivity index (χ1n) is 16.1. The van der Waals surface area contributed by atoms with E-state index in [-0.39, 0.29) is 11.6 Å². The lowest BCUT2D eigenvalue weighted by molar-refractivity contribution is 0.0971. The molecule has 0 saturated heterocycles. The summed E-state index contributed by atoms with van der Waals surface area (Å²) in [6.45, 7) is 4.31. The van der Waals surface area contributed by atoms with Crippen LogP contribution < -0.4 is 0 Å². The molecule has 0 radical (unpaired) electrons. The van der Waals surface area contributed by atoms with Crippen LogP contribution in [0.4, 0.5) is 0 Å². The molecule has 0 bridgehead atoms. The van der Waals surface area contributed by atoms with Crippen LogP contribution in [-0.2, 0) is 0 Å². The monoisotopic (exact) mass is 578 g/mol. The molecule has 2 nitrogen and oxygen atoms in total. The van der Waals surface area contributed by atoms with Gasteiger partial charge >= 0.3 is 0 Å². The number of ketones is 2. The van der Waals surface area contributed by atoms with Gasteiger partial charge in [0, 0.05) is 24.0 Å². The van der Waals surface area contributed by atoms with Gasteiger partial charge in [0.25, 0.3) is 0 Å². The van der Waals surface area contributed by atoms with Crippen LogP contribution in [0.15, 0.2) is 121 Å². The largest absolute Gasteiger partial charge is 0.294 e. The third-order valence-corrected chi connectivity index (χ3v) is 8.41. The van der Waals surface area contributed by atoms with E-state index >= 15 is 0 Å². The van der Waals surface area contributed by atoms with Crippen molar-refractivity contribution in [2.45, 2.75) is 65.2 Å². The second kappa shape index (κ2) is 15.3. The van der Waals surface area contributed by atoms with E-state index in [0.717, 1.165) is 94.2 Å². The summed E-state index contributed by atoms with van der Waals surface area (Å²) in [5.74, 6) is 0.446. The van der Waals surface area contributed by atoms with Gasteiger partial charge in [-0.3, -0.25) is 9.59 Å². The maximum absolute atomic E-state index is 12.6. The van der Waals surface area contributed by atoms with E-state index in [1.807, 2.05) is 24.3 Å². The average Bonchev–Trinajstić information content (AvgIpc) is 3.08. The topological polar surface area (TPSA) is 34.1 Å². The van der Waals surface area contributed by atoms with Crippen molar-refractivity contribution in [3.05, 3.63) is 132 Å². The highest BCUT2D eigenvalue weighted by Crippen LogP contribution is 2.36. The minimum Gasteiger partial charge on any atom is -0.294 e. The summed E-state index contributed by atoms with van der Waals surface area (Å²) in [6, 6.07) is 41.8. The van der Waals surface area contributed by atoms with E-state index in [4.69, 9.17) is 0 Å². The second-order valence-electron chi connectivity index (χ2n) is 11.6. The van der Waals surface area contributed by atoms with Gasteiger partial charge in [0.1, 0.15) is 0 Å². The molecule has 0 aliphatic rings. The van der Waals surface area contributed by atoms with Gasteiger partial charge in [0.05, 0.1) is 0 Å². The highest BCUT2D eigenvalue weighted by atomic mass is 16.1. The van der Waals surface area contributed by atoms with Gasteiger partial charge in [-0.1, -0.05) is 161 Å². The Morgan fingerprint density at radius 1 is 0.386 bits per heavy atom. The quantitative estimate of drug-likeness (QED) is 0.0970. The molecule has 5 rings (SSSR count). The molecule has 0 unspecified atom stereocenters. The smallest absolute Gasteiger partial charge is 0.162 e. The van der Waals surface area contributed by atoms with Crippen LogP contribution >= 0.6 is 0 Å². The molecule has 0 aliphatic heterocycles. The van der Waals surface area contributed by atoms with E-state index in [0.29, 0.717) is 12.8 Å². The van der Waals surface area contributed by atoms with Gasteiger partial charge < -0.3 is 0 Å². The van der Waals surface area contributed by atoms with E-state index in [9.17, 15) is 9.59 Å². The fourth-order valence-corrected chi connectivity index (χ4v) is 5.83. The van der Waals surface area contributed by atoms with Gasteiger partial charge in [0.2, 0.25) is 0 Å². The van der Waals surface area contributed by atoms with Gasteiger partial charge in [0.15, 0.2) is 11.6 Å². The maximum Gasteiger partial charge on any atom is 0.162 e. The summed E-state index contributed by atoms with van der Waals surface area (Å²) in [4.78, 5) is 25.2. The molecule has 0 aromatic heterocycles. The number of carbonyl (C=O) groups excluding carboxylic acids is 2. The molecular weight excluding hydrogens is 536 g/mol. The first kappa shape index (κ1) is 30.9. The molecule has 5 aromatic rings. The third-order valence-electron chi connectivity index (χ3n) is 8.41. The number of hydrogen-bond donors (Lipinski definition) is 0. The Kier molecular flexibility index (Phi) is 10.7. The number of rotatable bonds is 14. The summed E-state index contributed by atoms with van der Waals surface area (Å²) >= 11 is 0. The fraction of sp³-hybridized carbons (Fsp3) is 0.238. The Morgan fingerprint density at radius 2 is 0.659 bits per heavy atom. The van der Waals surface area contributed by atoms with Crippen molar-refractivity contribution in [1.82, 2.24) is 0 Å². The van der Waals surface area contributed by atoms with Crippen LogP contribution in [0.2, 0.25) is 0 Å². The summed E-state index contributed by atoms with van der Waals surface area (Å²) in [5, 5.41) is 0. The van der Waals surface area contributed by atoms with Crippen molar-refractivity contribution < 1.29 is 9.59 Å². The first-order valence-corrected chi connectivity index (χ1v) is 16.1. The summed E-state index contributed by atoms with van der Waals surface area (Å²) in [7, 11) is 0. The van der Waals surface area contributed by atoms with Crippen molar-refractivity contribution in [2.24, 2.45) is 0 Å². The molecule has 0 N–H and O–H groups in total. The molecule has 5 aromatic carbocycles. The Morgan fingerprint density at radius 3 is 0.932 bits per heavy atom. The number of carbonyl (C=O) groups is 2. The first-order chi connectivity index (χ1) is 21.6. The minimum absolute atomic E-state index is 0.223. The molecule has 2 heteroatoms. The zero-order chi connectivity index (χ0) is 30.7. The number of benzene rings is 5. The number of unbranched alkanes of at least 4 members (excludes halogenated alkanes) is 4. The van der Waals surface area contributed by atoms with Crippen LogP contribution in [-0.4, -0.2) is 11.6 Å². The lowest BCUT2D eigenvalue weighted by atomic mass is 9.90. The lowest BCUT2D eigenvalue weighted by Crippen LogP contribution is -1.98. The Hall–Kier alpha value is -4.56. The molecule has 0 heterocycles. The molecule has 44 heavy (non-hydrogen) atoms. The standard InChI is InChI=1S/C42H42O2/c1-3-5-7-17-41(43)35-27-23-33(24-28-35)39-15-11-9-13-37(39)31-19-21-32(22-20-31)38-14-10-12-16-40(38)34-25-29-36(30-26-34)42(44)18-8-6-4-2/h9-16,19-30H,3-8,17-18H2,1-2H3. The third kappa shape index (κ3) is 7.50. The Bertz CT molecular complexity index is 1550. The predicted octanol–water partition coefficient (Wildman–Crippen LogP) is 11.9. The van der Waals surface area contributed by atoms with Gasteiger partial charge in [-0.05, 0) is 57.3 Å². The molecule has 0 fully saturated rings. The van der Waals surface area contributed by atoms with Crippen LogP contribution in [0.3, 0.4) is 0 Å². The predicted molar refractivity (Wildman–Crippen MR) is 185 cm³/mol. The SMILES string of the molecule is CCCCCC(=O)c1ccc(-c2ccccc2-c2ccc(-c3ccccc3-c3ccc(C(=O)CCCCC)cc3)cc2)cc1.